The number of alkyl halides is 3. The first-order chi connectivity index (χ1) is 7.89. The predicted octanol–water partition coefficient (Wildman–Crippen LogP) is 3.79. The van der Waals surface area contributed by atoms with E-state index in [0.717, 1.165) is 37.1 Å². The van der Waals surface area contributed by atoms with E-state index in [1.165, 1.54) is 13.0 Å². The van der Waals surface area contributed by atoms with E-state index >= 15 is 0 Å². The molecule has 0 bridgehead atoms. The molecule has 1 nitrogen and oxygen atoms in total. The summed E-state index contributed by atoms with van der Waals surface area (Å²) in [5, 5.41) is 0. The molecular weight excluding hydrogens is 227 g/mol. The van der Waals surface area contributed by atoms with Gasteiger partial charge in [0.05, 0.1) is 5.56 Å². The minimum Gasteiger partial charge on any atom is -0.374 e. The highest BCUT2D eigenvalue weighted by atomic mass is 19.4. The lowest BCUT2D eigenvalue weighted by Crippen LogP contribution is -2.19. The van der Waals surface area contributed by atoms with Crippen LogP contribution in [0.5, 0.6) is 0 Å². The molecule has 1 aromatic carbocycles. The molecule has 1 aromatic rings. The van der Waals surface area contributed by atoms with Gasteiger partial charge in [-0.15, -0.1) is 0 Å². The van der Waals surface area contributed by atoms with Crippen LogP contribution in [0.3, 0.4) is 0 Å². The first-order valence-corrected chi connectivity index (χ1v) is 5.81. The fraction of sp³-hybridized carbons (Fsp3) is 0.538. The van der Waals surface area contributed by atoms with E-state index in [4.69, 9.17) is 0 Å². The van der Waals surface area contributed by atoms with Crippen LogP contribution in [0.15, 0.2) is 12.1 Å². The number of benzene rings is 1. The SMILES string of the molecule is Cc1cc2c(cc1C(F)(F)F)N(C)CCCC2. The maximum atomic E-state index is 12.8. The highest BCUT2D eigenvalue weighted by Gasteiger charge is 2.33. The number of anilines is 1. The summed E-state index contributed by atoms with van der Waals surface area (Å²) in [7, 11) is 1.86. The third-order valence-corrected chi connectivity index (χ3v) is 3.33. The fourth-order valence-electron chi connectivity index (χ4n) is 2.40. The van der Waals surface area contributed by atoms with Crippen molar-refractivity contribution in [2.75, 3.05) is 18.5 Å². The van der Waals surface area contributed by atoms with Crippen LogP contribution >= 0.6 is 0 Å². The molecule has 1 heterocycles. The summed E-state index contributed by atoms with van der Waals surface area (Å²) >= 11 is 0. The summed E-state index contributed by atoms with van der Waals surface area (Å²) in [6, 6.07) is 3.00. The number of rotatable bonds is 0. The van der Waals surface area contributed by atoms with Crippen molar-refractivity contribution >= 4 is 5.69 Å². The lowest BCUT2D eigenvalue weighted by Gasteiger charge is -2.22. The topological polar surface area (TPSA) is 3.24 Å². The van der Waals surface area contributed by atoms with Crippen molar-refractivity contribution < 1.29 is 13.2 Å². The molecule has 0 N–H and O–H groups in total. The van der Waals surface area contributed by atoms with Gasteiger partial charge < -0.3 is 4.90 Å². The molecule has 0 spiro atoms. The molecule has 4 heteroatoms. The Hall–Kier alpha value is -1.19. The zero-order chi connectivity index (χ0) is 12.6. The Bertz CT molecular complexity index is 423. The van der Waals surface area contributed by atoms with E-state index < -0.39 is 11.7 Å². The third-order valence-electron chi connectivity index (χ3n) is 3.33. The zero-order valence-corrected chi connectivity index (χ0v) is 10.1. The van der Waals surface area contributed by atoms with Crippen LogP contribution in [0.4, 0.5) is 18.9 Å². The van der Waals surface area contributed by atoms with Gasteiger partial charge in [-0.1, -0.05) is 6.07 Å². The molecule has 0 aromatic heterocycles. The number of fused-ring (bicyclic) bond motifs is 1. The van der Waals surface area contributed by atoms with Gasteiger partial charge in [0.2, 0.25) is 0 Å². The van der Waals surface area contributed by atoms with Gasteiger partial charge in [-0.2, -0.15) is 13.2 Å². The summed E-state index contributed by atoms with van der Waals surface area (Å²) in [6.07, 6.45) is -1.31. The maximum Gasteiger partial charge on any atom is 0.416 e. The van der Waals surface area contributed by atoms with Crippen LogP contribution in [0.1, 0.15) is 29.5 Å². The molecule has 0 unspecified atom stereocenters. The van der Waals surface area contributed by atoms with E-state index in [-0.39, 0.29) is 0 Å². The highest BCUT2D eigenvalue weighted by molar-refractivity contribution is 5.58. The van der Waals surface area contributed by atoms with E-state index in [0.29, 0.717) is 5.56 Å². The van der Waals surface area contributed by atoms with E-state index in [2.05, 4.69) is 0 Å². The van der Waals surface area contributed by atoms with Crippen molar-refractivity contribution in [2.45, 2.75) is 32.4 Å². The first kappa shape index (κ1) is 12.3. The van der Waals surface area contributed by atoms with Gasteiger partial charge in [-0.3, -0.25) is 0 Å². The van der Waals surface area contributed by atoms with E-state index in [1.54, 1.807) is 6.07 Å². The third kappa shape index (κ3) is 2.40. The molecule has 0 radical (unpaired) electrons. The number of nitrogens with zero attached hydrogens (tertiary/aromatic N) is 1. The lowest BCUT2D eigenvalue weighted by molar-refractivity contribution is -0.138. The second-order valence-corrected chi connectivity index (χ2v) is 4.67. The Kier molecular flexibility index (Phi) is 3.06. The second kappa shape index (κ2) is 4.24. The van der Waals surface area contributed by atoms with E-state index in [1.807, 2.05) is 11.9 Å². The van der Waals surface area contributed by atoms with Crippen LogP contribution in [-0.4, -0.2) is 13.6 Å². The Labute approximate surface area is 99.2 Å². The number of hydrogen-bond acceptors (Lipinski definition) is 1. The van der Waals surface area contributed by atoms with Crippen molar-refractivity contribution in [1.29, 1.82) is 0 Å². The summed E-state index contributed by atoms with van der Waals surface area (Å²) in [5.74, 6) is 0. The summed E-state index contributed by atoms with van der Waals surface area (Å²) in [6.45, 7) is 2.36. The van der Waals surface area contributed by atoms with Crippen LogP contribution < -0.4 is 4.90 Å². The van der Waals surface area contributed by atoms with Gasteiger partial charge in [-0.05, 0) is 43.4 Å². The minimum atomic E-state index is -4.26. The number of halogens is 3. The van der Waals surface area contributed by atoms with Gasteiger partial charge >= 0.3 is 6.18 Å². The van der Waals surface area contributed by atoms with Gasteiger partial charge in [0.15, 0.2) is 0 Å². The normalized spacial score (nSPS) is 16.6. The van der Waals surface area contributed by atoms with Crippen LogP contribution in [-0.2, 0) is 12.6 Å². The molecule has 0 atom stereocenters. The quantitative estimate of drug-likeness (QED) is 0.670. The molecule has 17 heavy (non-hydrogen) atoms. The average Bonchev–Trinajstić information content (AvgIpc) is 2.38. The molecule has 0 amide bonds. The molecule has 0 aliphatic carbocycles. The molecule has 0 saturated heterocycles. The van der Waals surface area contributed by atoms with Gasteiger partial charge in [0.1, 0.15) is 0 Å². The molecule has 1 aliphatic rings. The molecule has 0 fully saturated rings. The summed E-state index contributed by atoms with van der Waals surface area (Å²) in [5.41, 5.74) is 1.59. The fourth-order valence-corrected chi connectivity index (χ4v) is 2.40. The van der Waals surface area contributed by atoms with Gasteiger partial charge in [0.25, 0.3) is 0 Å². The smallest absolute Gasteiger partial charge is 0.374 e. The molecular formula is C13H16F3N. The van der Waals surface area contributed by atoms with E-state index in [9.17, 15) is 13.2 Å². The van der Waals surface area contributed by atoms with Crippen molar-refractivity contribution in [1.82, 2.24) is 0 Å². The Morgan fingerprint density at radius 3 is 2.53 bits per heavy atom. The molecule has 0 saturated carbocycles. The number of hydrogen-bond donors (Lipinski definition) is 0. The largest absolute Gasteiger partial charge is 0.416 e. The molecule has 94 valence electrons. The van der Waals surface area contributed by atoms with Crippen molar-refractivity contribution in [3.8, 4) is 0 Å². The summed E-state index contributed by atoms with van der Waals surface area (Å²) < 4.78 is 38.5. The Balaban J connectivity index is 2.53. The number of aryl methyl sites for hydroxylation is 2. The van der Waals surface area contributed by atoms with Crippen LogP contribution in [0, 0.1) is 6.92 Å². The molecule has 2 rings (SSSR count). The maximum absolute atomic E-state index is 12.8. The highest BCUT2D eigenvalue weighted by Crippen LogP contribution is 2.37. The monoisotopic (exact) mass is 243 g/mol. The summed E-state index contributed by atoms with van der Waals surface area (Å²) in [4.78, 5) is 1.93. The first-order valence-electron chi connectivity index (χ1n) is 5.81. The van der Waals surface area contributed by atoms with Gasteiger partial charge in [0, 0.05) is 19.3 Å². The standard InChI is InChI=1S/C13H16F3N/c1-9-7-10-5-3-4-6-17(2)12(10)8-11(9)13(14,15)16/h7-8H,3-6H2,1-2H3. The Morgan fingerprint density at radius 2 is 1.88 bits per heavy atom. The van der Waals surface area contributed by atoms with Crippen LogP contribution in [0.2, 0.25) is 0 Å². The zero-order valence-electron chi connectivity index (χ0n) is 10.1. The van der Waals surface area contributed by atoms with Crippen molar-refractivity contribution in [3.63, 3.8) is 0 Å². The van der Waals surface area contributed by atoms with Crippen molar-refractivity contribution in [3.05, 3.63) is 28.8 Å². The average molecular weight is 243 g/mol. The molecule has 1 aliphatic heterocycles. The van der Waals surface area contributed by atoms with Gasteiger partial charge in [-0.25, -0.2) is 0 Å². The van der Waals surface area contributed by atoms with Crippen LogP contribution in [0.25, 0.3) is 0 Å². The van der Waals surface area contributed by atoms with Crippen molar-refractivity contribution in [2.24, 2.45) is 0 Å². The predicted molar refractivity (Wildman–Crippen MR) is 62.4 cm³/mol. The Morgan fingerprint density at radius 1 is 1.18 bits per heavy atom. The second-order valence-electron chi connectivity index (χ2n) is 4.67. The lowest BCUT2D eigenvalue weighted by atomic mass is 9.99. The minimum absolute atomic E-state index is 0.326.